The molecule has 0 aromatic heterocycles. The lowest BCUT2D eigenvalue weighted by atomic mass is 10.1. The number of hydrogen-bond donors (Lipinski definition) is 1. The third-order valence-electron chi connectivity index (χ3n) is 8.15. The molecule has 4 unspecified atom stereocenters. The van der Waals surface area contributed by atoms with Crippen molar-refractivity contribution < 1.29 is 68.3 Å². The highest BCUT2D eigenvalue weighted by Crippen LogP contribution is 2.22. The summed E-state index contributed by atoms with van der Waals surface area (Å²) in [6, 6.07) is 15.1. The van der Waals surface area contributed by atoms with E-state index in [1.54, 1.807) is 42.2 Å². The van der Waals surface area contributed by atoms with Gasteiger partial charge in [-0.3, -0.25) is 14.4 Å². The van der Waals surface area contributed by atoms with Crippen molar-refractivity contribution in [3.8, 4) is 11.5 Å². The molecule has 17 heteroatoms. The van der Waals surface area contributed by atoms with Gasteiger partial charge in [0.2, 0.25) is 18.9 Å². The van der Waals surface area contributed by atoms with Gasteiger partial charge in [-0.15, -0.1) is 0 Å². The molecule has 0 bridgehead atoms. The van der Waals surface area contributed by atoms with Gasteiger partial charge < -0.3 is 44.0 Å². The number of carbonyl (C=O) groups is 5. The number of likely N-dealkylation sites (N-methyl/N-ethyl adjacent to an activating group) is 2. The summed E-state index contributed by atoms with van der Waals surface area (Å²) in [4.78, 5) is 59.3. The number of rotatable bonds is 19. The zero-order chi connectivity index (χ0) is 48.3. The number of nitrogens with zero attached hydrogens (tertiary/aromatic N) is 2. The molecule has 0 saturated heterocycles. The monoisotopic (exact) mass is 865 g/mol. The third-order valence-corrected chi connectivity index (χ3v) is 8.15. The van der Waals surface area contributed by atoms with E-state index in [1.807, 2.05) is 62.4 Å². The lowest BCUT2D eigenvalue weighted by Gasteiger charge is -2.26. The van der Waals surface area contributed by atoms with Crippen molar-refractivity contribution in [2.45, 2.75) is 138 Å². The summed E-state index contributed by atoms with van der Waals surface area (Å²) in [5.74, 6) is 0.785. The number of halogens is 3. The van der Waals surface area contributed by atoms with Gasteiger partial charge in [0, 0.05) is 55.6 Å². The number of amides is 2. The van der Waals surface area contributed by atoms with E-state index in [1.165, 1.54) is 24.1 Å². The van der Waals surface area contributed by atoms with Gasteiger partial charge >= 0.3 is 30.3 Å². The molecule has 0 spiro atoms. The molecule has 60 heavy (non-hydrogen) atoms. The first-order valence-electron chi connectivity index (χ1n) is 21.0. The molecule has 0 aliphatic rings. The molecule has 344 valence electrons. The maximum atomic E-state index is 12.3. The number of esters is 2. The predicted octanol–water partition coefficient (Wildman–Crippen LogP) is 8.90. The number of benzene rings is 2. The fourth-order valence-electron chi connectivity index (χ4n) is 4.77. The van der Waals surface area contributed by atoms with Gasteiger partial charge in [0.15, 0.2) is 0 Å². The van der Waals surface area contributed by atoms with E-state index in [0.29, 0.717) is 39.1 Å². The van der Waals surface area contributed by atoms with Crippen molar-refractivity contribution in [3.63, 3.8) is 0 Å². The zero-order valence-corrected chi connectivity index (χ0v) is 37.2. The van der Waals surface area contributed by atoms with Gasteiger partial charge in [-0.05, 0) is 69.3 Å². The number of methoxy groups -OCH3 is 2. The minimum atomic E-state index is -4.64. The molecule has 2 aromatic rings. The van der Waals surface area contributed by atoms with Crippen molar-refractivity contribution in [3.05, 3.63) is 59.7 Å². The van der Waals surface area contributed by atoms with Gasteiger partial charge in [0.05, 0.1) is 14.2 Å². The Bertz CT molecular complexity index is 1530. The fourth-order valence-corrected chi connectivity index (χ4v) is 4.77. The molecule has 4 atom stereocenters. The maximum Gasteiger partial charge on any atom is 0.446 e. The number of hydrogen-bond acceptors (Lipinski definition) is 12. The summed E-state index contributed by atoms with van der Waals surface area (Å²) in [6.07, 6.45) is -3.51. The summed E-state index contributed by atoms with van der Waals surface area (Å²) in [5, 5.41) is 0. The average molecular weight is 865 g/mol. The van der Waals surface area contributed by atoms with Crippen LogP contribution in [0, 0.1) is 0 Å². The molecular formula is C43H70F3N3O11. The summed E-state index contributed by atoms with van der Waals surface area (Å²) in [7, 11) is 7.80. The zero-order valence-electron chi connectivity index (χ0n) is 39.2. The highest BCUT2D eigenvalue weighted by Gasteiger charge is 2.25. The number of para-hydroxylation sites is 2. The number of unbranched alkanes of at least 4 members (excludes halogenated alkanes) is 2. The van der Waals surface area contributed by atoms with Crippen molar-refractivity contribution in [1.29, 1.82) is 0 Å². The van der Waals surface area contributed by atoms with Crippen LogP contribution in [0.25, 0.3) is 0 Å². The van der Waals surface area contributed by atoms with Crippen LogP contribution in [0.4, 0.5) is 22.8 Å². The molecule has 0 heterocycles. The lowest BCUT2D eigenvalue weighted by molar-refractivity contribution is -0.167. The predicted molar refractivity (Wildman–Crippen MR) is 225 cm³/mol. The van der Waals surface area contributed by atoms with Gasteiger partial charge in [0.1, 0.15) is 11.5 Å². The second-order valence-electron chi connectivity index (χ2n) is 12.8. The molecule has 0 aliphatic heterocycles. The largest absolute Gasteiger partial charge is 0.496 e. The molecule has 0 aliphatic carbocycles. The van der Waals surface area contributed by atoms with Crippen molar-refractivity contribution >= 4 is 30.4 Å². The van der Waals surface area contributed by atoms with Crippen LogP contribution >= 0.6 is 0 Å². The molecule has 2 N–H and O–H groups in total. The van der Waals surface area contributed by atoms with E-state index < -0.39 is 43.2 Å². The Labute approximate surface area is 357 Å². The number of alkyl halides is 3. The molecule has 0 radical (unpaired) electrons. The van der Waals surface area contributed by atoms with Gasteiger partial charge in [-0.2, -0.15) is 13.2 Å². The van der Waals surface area contributed by atoms with Crippen LogP contribution in [-0.4, -0.2) is 106 Å². The lowest BCUT2D eigenvalue weighted by Crippen LogP contribution is -2.39. The fraction of sp³-hybridized carbons (Fsp3) is 0.605. The Morgan fingerprint density at radius 3 is 1.43 bits per heavy atom. The van der Waals surface area contributed by atoms with E-state index in [-0.39, 0.29) is 24.5 Å². The summed E-state index contributed by atoms with van der Waals surface area (Å²) < 4.78 is 74.4. The molecule has 2 aromatic carbocycles. The van der Waals surface area contributed by atoms with Crippen LogP contribution in [0.15, 0.2) is 48.5 Å². The topological polar surface area (TPSA) is 173 Å². The average Bonchev–Trinajstić information content (AvgIpc) is 3.23. The minimum absolute atomic E-state index is 0.105. The SMILES string of the molecule is CCCCCC(=O)OC(C)OC(=O)N(C)C(C)Cc1ccccc1OC.COc1ccccc1CC(C)N(C)C(=O)OC(C)OC(=O)CCCN.O=CC(F)(F)F.[2H]CC.[3H]C. The van der Waals surface area contributed by atoms with Gasteiger partial charge in [0.25, 0.3) is 0 Å². The second-order valence-corrected chi connectivity index (χ2v) is 12.8. The van der Waals surface area contributed by atoms with Crippen molar-refractivity contribution in [2.75, 3.05) is 34.9 Å². The van der Waals surface area contributed by atoms with E-state index in [4.69, 9.17) is 41.7 Å². The van der Waals surface area contributed by atoms with E-state index in [9.17, 15) is 32.3 Å². The van der Waals surface area contributed by atoms with Gasteiger partial charge in [-0.25, -0.2) is 9.59 Å². The molecular weight excluding hydrogens is 791 g/mol. The first-order valence-corrected chi connectivity index (χ1v) is 19.3. The van der Waals surface area contributed by atoms with Crippen LogP contribution < -0.4 is 15.2 Å². The van der Waals surface area contributed by atoms with Crippen LogP contribution in [-0.2, 0) is 46.2 Å². The van der Waals surface area contributed by atoms with E-state index in [2.05, 4.69) is 6.92 Å². The quantitative estimate of drug-likeness (QED) is 0.0616. The number of ether oxygens (including phenoxy) is 6. The normalized spacial score (nSPS) is 12.4. The smallest absolute Gasteiger partial charge is 0.446 e. The first kappa shape index (κ1) is 54.9. The Morgan fingerprint density at radius 2 is 1.12 bits per heavy atom. The Hall–Kier alpha value is -5.06. The number of aldehydes is 1. The van der Waals surface area contributed by atoms with Crippen molar-refractivity contribution in [1.82, 2.24) is 9.80 Å². The summed E-state index contributed by atoms with van der Waals surface area (Å²) >= 11 is 0. The van der Waals surface area contributed by atoms with Crippen LogP contribution in [0.2, 0.25) is 0 Å². The van der Waals surface area contributed by atoms with Crippen LogP contribution in [0.1, 0.15) is 108 Å². The third kappa shape index (κ3) is 26.8. The van der Waals surface area contributed by atoms with Crippen molar-refractivity contribution in [2.24, 2.45) is 5.73 Å². The highest BCUT2D eigenvalue weighted by atomic mass is 19.4. The molecule has 0 saturated carbocycles. The molecule has 0 fully saturated rings. The standard InChI is InChI=1S/C20H31NO5.C18H28N2O5.C2HF3O.C2H6.CH4/c1-6-7-8-13-19(22)25-16(3)26-20(23)21(4)15(2)14-17-11-9-10-12-18(17)24-5;1-13(12-15-8-5-6-9-16(15)23-4)20(3)18(22)25-14(2)24-17(21)10-7-11-19;3-2(4,5)1-6;1-2;/h9-12,15-16H,6-8,13-14H2,1-5H3;5-6,8-9,13-14H,7,10-12,19H2,1-4H3;1H;1-2H3;1H4/i;;;1D;1T. The molecule has 2 rings (SSSR count). The minimum Gasteiger partial charge on any atom is -0.496 e. The van der Waals surface area contributed by atoms with Crippen LogP contribution in [0.3, 0.4) is 0 Å². The Morgan fingerprint density at radius 1 is 0.767 bits per heavy atom. The first-order chi connectivity index (χ1) is 29.2. The summed E-state index contributed by atoms with van der Waals surface area (Å²) in [6.45, 7) is 11.7. The Balaban J connectivity index is -0.000000907. The summed E-state index contributed by atoms with van der Waals surface area (Å²) in [5.41, 5.74) is 7.35. The molecule has 2 amide bonds. The van der Waals surface area contributed by atoms with E-state index >= 15 is 0 Å². The van der Waals surface area contributed by atoms with E-state index in [0.717, 1.165) is 41.9 Å². The van der Waals surface area contributed by atoms with Gasteiger partial charge in [-0.1, -0.05) is 77.4 Å². The molecule has 14 nitrogen and oxygen atoms in total. The highest BCUT2D eigenvalue weighted by molar-refractivity contribution is 5.71. The Kier molecular flexibility index (Phi) is 30.9. The second kappa shape index (κ2) is 33.7. The maximum absolute atomic E-state index is 12.3. The van der Waals surface area contributed by atoms with Crippen LogP contribution in [0.5, 0.6) is 11.5 Å². The number of carbonyl (C=O) groups excluding carboxylic acids is 5. The number of nitrogens with two attached hydrogens (primary N) is 1.